The summed E-state index contributed by atoms with van der Waals surface area (Å²) in [5.74, 6) is 0. The molecule has 1 fully saturated rings. The molecular formula is C11H24N2. The number of hydrogen-bond acceptors (Lipinski definition) is 2. The molecule has 1 saturated heterocycles. The van der Waals surface area contributed by atoms with Crippen LogP contribution in [-0.4, -0.2) is 36.1 Å². The quantitative estimate of drug-likeness (QED) is 0.720. The van der Waals surface area contributed by atoms with Crippen molar-refractivity contribution < 1.29 is 0 Å². The number of nitrogens with one attached hydrogen (secondary N) is 1. The van der Waals surface area contributed by atoms with E-state index in [4.69, 9.17) is 0 Å². The Morgan fingerprint density at radius 3 is 2.38 bits per heavy atom. The lowest BCUT2D eigenvalue weighted by atomic mass is 9.90. The van der Waals surface area contributed by atoms with E-state index < -0.39 is 0 Å². The first-order chi connectivity index (χ1) is 6.13. The van der Waals surface area contributed by atoms with Gasteiger partial charge in [-0.3, -0.25) is 4.90 Å². The Morgan fingerprint density at radius 1 is 1.31 bits per heavy atom. The summed E-state index contributed by atoms with van der Waals surface area (Å²) in [6, 6.07) is 0.694. The lowest BCUT2D eigenvalue weighted by Gasteiger charge is -2.44. The fourth-order valence-corrected chi connectivity index (χ4v) is 2.15. The summed E-state index contributed by atoms with van der Waals surface area (Å²) in [6.45, 7) is 12.8. The molecule has 0 aromatic heterocycles. The van der Waals surface area contributed by atoms with Gasteiger partial charge in [0.15, 0.2) is 0 Å². The summed E-state index contributed by atoms with van der Waals surface area (Å²) in [6.07, 6.45) is 2.49. The van der Waals surface area contributed by atoms with Crippen molar-refractivity contribution in [2.75, 3.05) is 19.6 Å². The molecule has 13 heavy (non-hydrogen) atoms. The Morgan fingerprint density at radius 2 is 1.92 bits per heavy atom. The minimum atomic E-state index is 0.391. The van der Waals surface area contributed by atoms with Crippen LogP contribution in [0.5, 0.6) is 0 Å². The van der Waals surface area contributed by atoms with Crippen LogP contribution >= 0.6 is 0 Å². The zero-order chi connectivity index (χ0) is 9.90. The first-order valence-electron chi connectivity index (χ1n) is 5.62. The number of hydrogen-bond donors (Lipinski definition) is 1. The second kappa shape index (κ2) is 4.43. The van der Waals surface area contributed by atoms with Gasteiger partial charge in [-0.1, -0.05) is 13.8 Å². The summed E-state index contributed by atoms with van der Waals surface area (Å²) in [5, 5.41) is 3.68. The molecule has 0 aromatic carbocycles. The molecule has 0 unspecified atom stereocenters. The van der Waals surface area contributed by atoms with Crippen LogP contribution in [0.3, 0.4) is 0 Å². The normalized spacial score (nSPS) is 23.8. The van der Waals surface area contributed by atoms with Crippen molar-refractivity contribution in [2.24, 2.45) is 0 Å². The van der Waals surface area contributed by atoms with Crippen molar-refractivity contribution in [3.05, 3.63) is 0 Å². The summed E-state index contributed by atoms with van der Waals surface area (Å²) >= 11 is 0. The van der Waals surface area contributed by atoms with Crippen LogP contribution in [0, 0.1) is 0 Å². The number of piperazine rings is 1. The van der Waals surface area contributed by atoms with Gasteiger partial charge in [-0.25, -0.2) is 0 Å². The van der Waals surface area contributed by atoms with Crippen LogP contribution in [0.25, 0.3) is 0 Å². The summed E-state index contributed by atoms with van der Waals surface area (Å²) in [7, 11) is 0. The first kappa shape index (κ1) is 11.0. The molecule has 2 heteroatoms. The topological polar surface area (TPSA) is 15.3 Å². The summed E-state index contributed by atoms with van der Waals surface area (Å²) in [4.78, 5) is 2.59. The Kier molecular flexibility index (Phi) is 3.74. The Labute approximate surface area is 82.7 Å². The van der Waals surface area contributed by atoms with Gasteiger partial charge in [0.25, 0.3) is 0 Å². The summed E-state index contributed by atoms with van der Waals surface area (Å²) < 4.78 is 0. The molecule has 2 nitrogen and oxygen atoms in total. The van der Waals surface area contributed by atoms with Gasteiger partial charge < -0.3 is 5.32 Å². The van der Waals surface area contributed by atoms with Gasteiger partial charge in [0.1, 0.15) is 0 Å². The third kappa shape index (κ3) is 2.44. The molecule has 0 aliphatic carbocycles. The van der Waals surface area contributed by atoms with E-state index in [1.54, 1.807) is 0 Å². The van der Waals surface area contributed by atoms with Crippen LogP contribution in [0.15, 0.2) is 0 Å². The van der Waals surface area contributed by atoms with Crippen molar-refractivity contribution in [3.8, 4) is 0 Å². The highest BCUT2D eigenvalue weighted by Gasteiger charge is 2.32. The van der Waals surface area contributed by atoms with E-state index >= 15 is 0 Å². The predicted molar refractivity (Wildman–Crippen MR) is 58.0 cm³/mol. The SMILES string of the molecule is CCC1(CC)CN(C(C)C)CCN1. The number of rotatable bonds is 3. The molecular weight excluding hydrogens is 160 g/mol. The van der Waals surface area contributed by atoms with Crippen LogP contribution in [0.1, 0.15) is 40.5 Å². The molecule has 1 rings (SSSR count). The van der Waals surface area contributed by atoms with Gasteiger partial charge in [-0.05, 0) is 26.7 Å². The lowest BCUT2D eigenvalue weighted by Crippen LogP contribution is -2.61. The molecule has 1 aliphatic heterocycles. The Hall–Kier alpha value is -0.0800. The molecule has 78 valence electrons. The maximum absolute atomic E-state index is 3.68. The molecule has 0 radical (unpaired) electrons. The van der Waals surface area contributed by atoms with E-state index in [9.17, 15) is 0 Å². The van der Waals surface area contributed by atoms with Gasteiger partial charge in [0, 0.05) is 31.2 Å². The smallest absolute Gasteiger partial charge is 0.0304 e. The highest BCUT2D eigenvalue weighted by Crippen LogP contribution is 2.20. The van der Waals surface area contributed by atoms with Crippen molar-refractivity contribution in [1.29, 1.82) is 0 Å². The van der Waals surface area contributed by atoms with Gasteiger partial charge >= 0.3 is 0 Å². The van der Waals surface area contributed by atoms with Gasteiger partial charge in [-0.2, -0.15) is 0 Å². The monoisotopic (exact) mass is 184 g/mol. The van der Waals surface area contributed by atoms with Crippen molar-refractivity contribution in [2.45, 2.75) is 52.1 Å². The standard InChI is InChI=1S/C11H24N2/c1-5-11(6-2)9-13(10(3)4)8-7-12-11/h10,12H,5-9H2,1-4H3. The van der Waals surface area contributed by atoms with Gasteiger partial charge in [-0.15, -0.1) is 0 Å². The predicted octanol–water partition coefficient (Wildman–Crippen LogP) is 1.86. The Bertz CT molecular complexity index is 150. The van der Waals surface area contributed by atoms with Gasteiger partial charge in [0.05, 0.1) is 0 Å². The zero-order valence-corrected chi connectivity index (χ0v) is 9.56. The maximum atomic E-state index is 3.68. The average molecular weight is 184 g/mol. The second-order valence-corrected chi connectivity index (χ2v) is 4.48. The minimum absolute atomic E-state index is 0.391. The number of nitrogens with zero attached hydrogens (tertiary/aromatic N) is 1. The summed E-state index contributed by atoms with van der Waals surface area (Å²) in [5.41, 5.74) is 0.391. The van der Waals surface area contributed by atoms with E-state index in [1.165, 1.54) is 25.9 Å². The van der Waals surface area contributed by atoms with E-state index in [-0.39, 0.29) is 0 Å². The van der Waals surface area contributed by atoms with Crippen LogP contribution in [0.2, 0.25) is 0 Å². The zero-order valence-electron chi connectivity index (χ0n) is 9.56. The van der Waals surface area contributed by atoms with E-state index in [1.807, 2.05) is 0 Å². The fraction of sp³-hybridized carbons (Fsp3) is 1.00. The third-order valence-electron chi connectivity index (χ3n) is 3.49. The lowest BCUT2D eigenvalue weighted by molar-refractivity contribution is 0.0984. The van der Waals surface area contributed by atoms with Crippen molar-refractivity contribution in [1.82, 2.24) is 10.2 Å². The molecule has 0 amide bonds. The molecule has 0 spiro atoms. The molecule has 1 aliphatic rings. The fourth-order valence-electron chi connectivity index (χ4n) is 2.15. The third-order valence-corrected chi connectivity index (χ3v) is 3.49. The Balaban J connectivity index is 2.58. The molecule has 0 atom stereocenters. The van der Waals surface area contributed by atoms with Crippen LogP contribution in [0.4, 0.5) is 0 Å². The molecule has 1 N–H and O–H groups in total. The second-order valence-electron chi connectivity index (χ2n) is 4.48. The maximum Gasteiger partial charge on any atom is 0.0304 e. The minimum Gasteiger partial charge on any atom is -0.309 e. The van der Waals surface area contributed by atoms with Gasteiger partial charge in [0.2, 0.25) is 0 Å². The molecule has 1 heterocycles. The van der Waals surface area contributed by atoms with Crippen molar-refractivity contribution in [3.63, 3.8) is 0 Å². The average Bonchev–Trinajstić information content (AvgIpc) is 2.18. The van der Waals surface area contributed by atoms with Crippen molar-refractivity contribution >= 4 is 0 Å². The van der Waals surface area contributed by atoms with E-state index in [0.29, 0.717) is 11.6 Å². The molecule has 0 aromatic rings. The first-order valence-corrected chi connectivity index (χ1v) is 5.62. The van der Waals surface area contributed by atoms with Crippen LogP contribution < -0.4 is 5.32 Å². The highest BCUT2D eigenvalue weighted by molar-refractivity contribution is 4.93. The molecule has 0 bridgehead atoms. The van der Waals surface area contributed by atoms with Crippen LogP contribution in [-0.2, 0) is 0 Å². The van der Waals surface area contributed by atoms with E-state index in [0.717, 1.165) is 6.54 Å². The largest absolute Gasteiger partial charge is 0.309 e. The molecule has 0 saturated carbocycles. The highest BCUT2D eigenvalue weighted by atomic mass is 15.2. The van der Waals surface area contributed by atoms with E-state index in [2.05, 4.69) is 37.9 Å².